The van der Waals surface area contributed by atoms with Gasteiger partial charge in [0.05, 0.1) is 35.2 Å². The summed E-state index contributed by atoms with van der Waals surface area (Å²) in [4.78, 5) is 34.5. The van der Waals surface area contributed by atoms with E-state index in [0.717, 1.165) is 27.2 Å². The molecule has 8 nitrogen and oxygen atoms in total. The number of carbonyl (C=O) groups excluding carboxylic acids is 2. The number of methoxy groups -OCH3 is 1. The van der Waals surface area contributed by atoms with Crippen LogP contribution in [0.4, 0.5) is 11.4 Å². The van der Waals surface area contributed by atoms with Crippen LogP contribution < -0.4 is 15.4 Å². The van der Waals surface area contributed by atoms with Crippen molar-refractivity contribution in [1.29, 1.82) is 0 Å². The zero-order chi connectivity index (χ0) is 24.4. The van der Waals surface area contributed by atoms with Crippen LogP contribution in [-0.2, 0) is 16.0 Å². The largest absolute Gasteiger partial charge is 0.481 e. The van der Waals surface area contributed by atoms with Gasteiger partial charge in [0.2, 0.25) is 17.7 Å². The number of aliphatic hydroxyl groups is 1. The summed E-state index contributed by atoms with van der Waals surface area (Å²) in [6.07, 6.45) is 5.43. The molecule has 2 amide bonds. The van der Waals surface area contributed by atoms with Crippen molar-refractivity contribution >= 4 is 46.0 Å². The average Bonchev–Trinajstić information content (AvgIpc) is 2.87. The van der Waals surface area contributed by atoms with E-state index in [9.17, 15) is 14.7 Å². The molecule has 0 saturated heterocycles. The predicted molar refractivity (Wildman–Crippen MR) is 136 cm³/mol. The molecule has 3 aromatic rings. The van der Waals surface area contributed by atoms with Gasteiger partial charge in [0, 0.05) is 28.8 Å². The molecule has 182 valence electrons. The van der Waals surface area contributed by atoms with E-state index in [1.165, 1.54) is 11.8 Å². The number of anilines is 2. The molecule has 1 aliphatic heterocycles. The standard InChI is InChI=1S/C26H28N4O4S/c1-34-23-5-3-19-24(30-23)16(9-13-27-19)6-10-26(33)11-7-17(8-12-26)25(32)28-18-2-4-21-20(14-18)29-22(31)15-35-21/h2-5,9,13-14,17,33H,6-8,10-12,15H2,1H3,(H,28,32)(H,29,31)/t17-,26-. The Balaban J connectivity index is 1.18. The SMILES string of the molecule is COc1ccc2nccc(CC[C@]3(O)CC[C@H](C(=O)Nc4ccc5c(c4)NC(=O)CS5)CC3)c2n1. The quantitative estimate of drug-likeness (QED) is 0.473. The molecule has 1 fully saturated rings. The van der Waals surface area contributed by atoms with E-state index >= 15 is 0 Å². The first-order valence-corrected chi connectivity index (χ1v) is 12.8. The molecule has 5 rings (SSSR count). The molecule has 0 unspecified atom stereocenters. The number of ether oxygens (including phenoxy) is 1. The maximum Gasteiger partial charge on any atom is 0.234 e. The molecule has 1 aromatic carbocycles. The minimum absolute atomic E-state index is 0.0350. The lowest BCUT2D eigenvalue weighted by Gasteiger charge is -2.35. The van der Waals surface area contributed by atoms with Crippen molar-refractivity contribution in [3.8, 4) is 5.88 Å². The first kappa shape index (κ1) is 23.6. The highest BCUT2D eigenvalue weighted by Crippen LogP contribution is 2.37. The third-order valence-electron chi connectivity index (χ3n) is 6.88. The van der Waals surface area contributed by atoms with Crippen LogP contribution in [0.1, 0.15) is 37.7 Å². The van der Waals surface area contributed by atoms with Gasteiger partial charge in [-0.25, -0.2) is 4.98 Å². The Labute approximate surface area is 207 Å². The summed E-state index contributed by atoms with van der Waals surface area (Å²) < 4.78 is 5.25. The summed E-state index contributed by atoms with van der Waals surface area (Å²) in [5.74, 6) is 0.719. The Bertz CT molecular complexity index is 1270. The third-order valence-corrected chi connectivity index (χ3v) is 7.95. The summed E-state index contributed by atoms with van der Waals surface area (Å²) in [5, 5.41) is 17.1. The average molecular weight is 493 g/mol. The Kier molecular flexibility index (Phi) is 6.62. The molecule has 1 aliphatic carbocycles. The Morgan fingerprint density at radius 3 is 2.89 bits per heavy atom. The van der Waals surface area contributed by atoms with Crippen molar-refractivity contribution in [2.24, 2.45) is 5.92 Å². The van der Waals surface area contributed by atoms with Crippen LogP contribution in [-0.4, -0.2) is 45.4 Å². The van der Waals surface area contributed by atoms with Gasteiger partial charge in [-0.2, -0.15) is 0 Å². The number of amides is 2. The van der Waals surface area contributed by atoms with Gasteiger partial charge in [-0.05, 0) is 74.4 Å². The summed E-state index contributed by atoms with van der Waals surface area (Å²) >= 11 is 1.49. The minimum atomic E-state index is -0.807. The van der Waals surface area contributed by atoms with Crippen LogP contribution in [0.15, 0.2) is 47.5 Å². The van der Waals surface area contributed by atoms with Gasteiger partial charge >= 0.3 is 0 Å². The van der Waals surface area contributed by atoms with Crippen LogP contribution in [0.5, 0.6) is 5.88 Å². The van der Waals surface area contributed by atoms with Crippen molar-refractivity contribution in [2.75, 3.05) is 23.5 Å². The van der Waals surface area contributed by atoms with E-state index < -0.39 is 5.60 Å². The first-order chi connectivity index (χ1) is 16.9. The number of aromatic nitrogens is 2. The van der Waals surface area contributed by atoms with Crippen molar-refractivity contribution in [3.63, 3.8) is 0 Å². The number of benzene rings is 1. The smallest absolute Gasteiger partial charge is 0.234 e. The second-order valence-corrected chi connectivity index (χ2v) is 10.2. The van der Waals surface area contributed by atoms with Crippen molar-refractivity contribution < 1.29 is 19.4 Å². The summed E-state index contributed by atoms with van der Waals surface area (Å²) in [6.45, 7) is 0. The second-order valence-electron chi connectivity index (χ2n) is 9.23. The van der Waals surface area contributed by atoms with E-state index in [4.69, 9.17) is 4.74 Å². The Morgan fingerprint density at radius 1 is 1.26 bits per heavy atom. The van der Waals surface area contributed by atoms with Crippen molar-refractivity contribution in [2.45, 2.75) is 49.0 Å². The van der Waals surface area contributed by atoms with Gasteiger partial charge in [0.15, 0.2) is 0 Å². The molecule has 9 heteroatoms. The fourth-order valence-electron chi connectivity index (χ4n) is 4.82. The number of aryl methyl sites for hydroxylation is 1. The van der Waals surface area contributed by atoms with E-state index in [1.807, 2.05) is 24.3 Å². The van der Waals surface area contributed by atoms with E-state index in [-0.39, 0.29) is 17.7 Å². The molecule has 0 spiro atoms. The van der Waals surface area contributed by atoms with Gasteiger partial charge in [-0.1, -0.05) is 0 Å². The van der Waals surface area contributed by atoms with Gasteiger partial charge in [-0.3, -0.25) is 14.6 Å². The number of pyridine rings is 2. The molecule has 2 aliphatic rings. The zero-order valence-electron chi connectivity index (χ0n) is 19.5. The first-order valence-electron chi connectivity index (χ1n) is 11.8. The molecular weight excluding hydrogens is 464 g/mol. The third kappa shape index (κ3) is 5.26. The number of fused-ring (bicyclic) bond motifs is 2. The Morgan fingerprint density at radius 2 is 2.09 bits per heavy atom. The van der Waals surface area contributed by atoms with Crippen LogP contribution in [0, 0.1) is 5.92 Å². The van der Waals surface area contributed by atoms with E-state index in [0.29, 0.717) is 55.8 Å². The summed E-state index contributed by atoms with van der Waals surface area (Å²) in [5.41, 5.74) is 3.22. The fourth-order valence-corrected chi connectivity index (χ4v) is 5.60. The lowest BCUT2D eigenvalue weighted by atomic mass is 9.76. The number of carbonyl (C=O) groups is 2. The zero-order valence-corrected chi connectivity index (χ0v) is 20.4. The van der Waals surface area contributed by atoms with Crippen LogP contribution >= 0.6 is 11.8 Å². The van der Waals surface area contributed by atoms with Crippen LogP contribution in [0.3, 0.4) is 0 Å². The molecule has 1 saturated carbocycles. The van der Waals surface area contributed by atoms with Crippen LogP contribution in [0.25, 0.3) is 11.0 Å². The van der Waals surface area contributed by atoms with E-state index in [2.05, 4.69) is 20.6 Å². The number of thioether (sulfide) groups is 1. The summed E-state index contributed by atoms with van der Waals surface area (Å²) in [6, 6.07) is 11.2. The fraction of sp³-hybridized carbons (Fsp3) is 0.385. The highest BCUT2D eigenvalue weighted by atomic mass is 32.2. The molecule has 2 aromatic heterocycles. The number of nitrogens with zero attached hydrogens (tertiary/aromatic N) is 2. The van der Waals surface area contributed by atoms with Crippen LogP contribution in [0.2, 0.25) is 0 Å². The van der Waals surface area contributed by atoms with Crippen molar-refractivity contribution in [3.05, 3.63) is 48.2 Å². The molecule has 35 heavy (non-hydrogen) atoms. The maximum atomic E-state index is 12.9. The highest BCUT2D eigenvalue weighted by Gasteiger charge is 2.35. The monoisotopic (exact) mass is 492 g/mol. The number of nitrogens with one attached hydrogen (secondary N) is 2. The number of hydrogen-bond donors (Lipinski definition) is 3. The molecular formula is C26H28N4O4S. The molecule has 0 radical (unpaired) electrons. The van der Waals surface area contributed by atoms with Crippen molar-refractivity contribution in [1.82, 2.24) is 9.97 Å². The maximum absolute atomic E-state index is 12.9. The number of hydrogen-bond acceptors (Lipinski definition) is 7. The van der Waals surface area contributed by atoms with Gasteiger partial charge in [0.25, 0.3) is 0 Å². The molecule has 0 atom stereocenters. The predicted octanol–water partition coefficient (Wildman–Crippen LogP) is 4.18. The lowest BCUT2D eigenvalue weighted by Crippen LogP contribution is -2.38. The van der Waals surface area contributed by atoms with Gasteiger partial charge in [-0.15, -0.1) is 11.8 Å². The second kappa shape index (κ2) is 9.83. The highest BCUT2D eigenvalue weighted by molar-refractivity contribution is 8.00. The normalized spacial score (nSPS) is 21.8. The Hall–Kier alpha value is -3.17. The molecule has 3 N–H and O–H groups in total. The van der Waals surface area contributed by atoms with E-state index in [1.54, 1.807) is 25.4 Å². The van der Waals surface area contributed by atoms with Gasteiger partial charge < -0.3 is 20.5 Å². The van der Waals surface area contributed by atoms with Gasteiger partial charge in [0.1, 0.15) is 0 Å². The minimum Gasteiger partial charge on any atom is -0.481 e. The topological polar surface area (TPSA) is 113 Å². The lowest BCUT2D eigenvalue weighted by molar-refractivity contribution is -0.122. The molecule has 3 heterocycles. The molecule has 0 bridgehead atoms. The summed E-state index contributed by atoms with van der Waals surface area (Å²) in [7, 11) is 1.59. The number of rotatable bonds is 6.